The fourth-order valence-electron chi connectivity index (χ4n) is 3.74. The van der Waals surface area contributed by atoms with E-state index in [-0.39, 0.29) is 30.1 Å². The van der Waals surface area contributed by atoms with Crippen molar-refractivity contribution in [2.45, 2.75) is 25.7 Å². The average Bonchev–Trinajstić information content (AvgIpc) is 3.31. The summed E-state index contributed by atoms with van der Waals surface area (Å²) in [4.78, 5) is 41.8. The third-order valence-electron chi connectivity index (χ3n) is 5.64. The first-order valence-electron chi connectivity index (χ1n) is 10.4. The number of carbonyl (C=O) groups is 3. The molecule has 7 nitrogen and oxygen atoms in total. The van der Waals surface area contributed by atoms with Gasteiger partial charge in [-0.25, -0.2) is 4.39 Å². The largest absolute Gasteiger partial charge is 0.366 e. The van der Waals surface area contributed by atoms with Crippen LogP contribution < -0.4 is 5.73 Å². The molecule has 4 rings (SSSR count). The van der Waals surface area contributed by atoms with E-state index in [0.717, 1.165) is 25.7 Å². The van der Waals surface area contributed by atoms with Crippen molar-refractivity contribution >= 4 is 17.7 Å². The van der Waals surface area contributed by atoms with Gasteiger partial charge in [-0.1, -0.05) is 25.0 Å². The van der Waals surface area contributed by atoms with Gasteiger partial charge in [-0.05, 0) is 37.1 Å². The number of rotatable bonds is 3. The molecule has 2 heterocycles. The van der Waals surface area contributed by atoms with Crippen molar-refractivity contribution in [1.82, 2.24) is 14.8 Å². The quantitative estimate of drug-likeness (QED) is 0.815. The van der Waals surface area contributed by atoms with Crippen LogP contribution in [0.25, 0.3) is 11.3 Å². The molecule has 1 aromatic carbocycles. The minimum absolute atomic E-state index is 0.0626. The second-order valence-electron chi connectivity index (χ2n) is 7.86. The minimum atomic E-state index is -0.529. The smallest absolute Gasteiger partial charge is 0.250 e. The fraction of sp³-hybridized carbons (Fsp3) is 0.391. The zero-order valence-electron chi connectivity index (χ0n) is 17.6. The van der Waals surface area contributed by atoms with Crippen LogP contribution in [0.2, 0.25) is 0 Å². The van der Waals surface area contributed by atoms with E-state index in [1.165, 1.54) is 18.3 Å². The number of nitrogens with two attached hydrogens (primary N) is 1. The molecule has 0 bridgehead atoms. The maximum absolute atomic E-state index is 13.0. The highest BCUT2D eigenvalue weighted by molar-refractivity contribution is 5.92. The second-order valence-corrected chi connectivity index (χ2v) is 7.86. The van der Waals surface area contributed by atoms with Crippen molar-refractivity contribution in [1.29, 1.82) is 0 Å². The Labute approximate surface area is 181 Å². The monoisotopic (exact) mass is 426 g/mol. The van der Waals surface area contributed by atoms with Crippen LogP contribution in [-0.2, 0) is 9.59 Å². The van der Waals surface area contributed by atoms with Gasteiger partial charge in [-0.15, -0.1) is 0 Å². The summed E-state index contributed by atoms with van der Waals surface area (Å²) in [6.45, 7) is 1.67. The first-order valence-corrected chi connectivity index (χ1v) is 10.4. The number of benzene rings is 1. The third kappa shape index (κ3) is 5.87. The molecule has 0 unspecified atom stereocenters. The van der Waals surface area contributed by atoms with Crippen LogP contribution in [-0.4, -0.2) is 59.2 Å². The summed E-state index contributed by atoms with van der Waals surface area (Å²) in [5, 5.41) is 0. The van der Waals surface area contributed by atoms with Crippen LogP contribution in [0.4, 0.5) is 4.39 Å². The van der Waals surface area contributed by atoms with Crippen molar-refractivity contribution in [2.24, 2.45) is 11.7 Å². The number of aromatic nitrogens is 1. The molecule has 2 aliphatic rings. The van der Waals surface area contributed by atoms with Crippen molar-refractivity contribution in [3.8, 4) is 11.3 Å². The molecule has 2 aromatic rings. The van der Waals surface area contributed by atoms with Crippen molar-refractivity contribution in [3.63, 3.8) is 0 Å². The van der Waals surface area contributed by atoms with E-state index in [0.29, 0.717) is 29.9 Å². The summed E-state index contributed by atoms with van der Waals surface area (Å²) >= 11 is 0. The Hall–Kier alpha value is -3.29. The zero-order chi connectivity index (χ0) is 22.4. The molecule has 2 fully saturated rings. The number of nitrogens with zero attached hydrogens (tertiary/aromatic N) is 3. The molecule has 1 saturated carbocycles. The van der Waals surface area contributed by atoms with Gasteiger partial charge < -0.3 is 15.5 Å². The topological polar surface area (TPSA) is 96.6 Å². The number of carbonyl (C=O) groups excluding carboxylic acids is 3. The molecule has 1 saturated heterocycles. The predicted molar refractivity (Wildman–Crippen MR) is 114 cm³/mol. The third-order valence-corrected chi connectivity index (χ3v) is 5.64. The van der Waals surface area contributed by atoms with Gasteiger partial charge in [0.2, 0.25) is 17.7 Å². The number of pyridine rings is 1. The number of likely N-dealkylation sites (N-methyl/N-ethyl adjacent to an activating group) is 1. The van der Waals surface area contributed by atoms with E-state index < -0.39 is 5.91 Å². The number of amides is 3. The number of piperazine rings is 1. The van der Waals surface area contributed by atoms with Crippen LogP contribution in [0.15, 0.2) is 42.6 Å². The van der Waals surface area contributed by atoms with E-state index >= 15 is 0 Å². The van der Waals surface area contributed by atoms with Crippen molar-refractivity contribution in [2.75, 3.05) is 26.7 Å². The maximum atomic E-state index is 13.0. The molecule has 3 amide bonds. The van der Waals surface area contributed by atoms with Crippen LogP contribution in [0, 0.1) is 11.7 Å². The Kier molecular flexibility index (Phi) is 7.33. The molecule has 31 heavy (non-hydrogen) atoms. The predicted octanol–water partition coefficient (Wildman–Crippen LogP) is 2.46. The Morgan fingerprint density at radius 3 is 2.45 bits per heavy atom. The first kappa shape index (κ1) is 22.4. The summed E-state index contributed by atoms with van der Waals surface area (Å²) in [7, 11) is 1.79. The molecular formula is C23H27FN4O3. The Balaban J connectivity index is 0.000000176. The summed E-state index contributed by atoms with van der Waals surface area (Å²) in [6.07, 6.45) is 5.73. The lowest BCUT2D eigenvalue weighted by molar-refractivity contribution is -0.146. The van der Waals surface area contributed by atoms with E-state index in [9.17, 15) is 18.8 Å². The molecule has 1 aromatic heterocycles. The standard InChI is InChI=1S/C12H9FN2O.C11H18N2O2/c13-10-3-1-2-8(6-10)11-5-4-9(7-15-11)12(14)16;1-12-6-7-13(8-10(12)14)11(15)9-4-2-3-5-9/h1-7H,(H2,14,16);9H,2-8H2,1H3. The molecule has 1 aliphatic carbocycles. The second kappa shape index (κ2) is 10.1. The number of primary amides is 1. The van der Waals surface area contributed by atoms with Gasteiger partial charge in [0.25, 0.3) is 0 Å². The Morgan fingerprint density at radius 1 is 1.13 bits per heavy atom. The van der Waals surface area contributed by atoms with Crippen LogP contribution in [0.1, 0.15) is 36.0 Å². The molecule has 0 atom stereocenters. The molecule has 2 N–H and O–H groups in total. The lowest BCUT2D eigenvalue weighted by atomic mass is 10.1. The van der Waals surface area contributed by atoms with Crippen LogP contribution >= 0.6 is 0 Å². The van der Waals surface area contributed by atoms with Crippen molar-refractivity contribution in [3.05, 3.63) is 54.0 Å². The number of halogens is 1. The fourth-order valence-corrected chi connectivity index (χ4v) is 3.74. The van der Waals surface area contributed by atoms with Gasteiger partial charge in [-0.2, -0.15) is 0 Å². The van der Waals surface area contributed by atoms with E-state index in [1.54, 1.807) is 41.1 Å². The molecular weight excluding hydrogens is 399 g/mol. The molecule has 164 valence electrons. The van der Waals surface area contributed by atoms with Gasteiger partial charge in [0.1, 0.15) is 5.82 Å². The SMILES string of the molecule is CN1CCN(C(=O)C2CCCC2)CC1=O.NC(=O)c1ccc(-c2cccc(F)c2)nc1. The normalized spacial score (nSPS) is 16.6. The molecule has 0 radical (unpaired) electrons. The highest BCUT2D eigenvalue weighted by Gasteiger charge is 2.31. The molecule has 0 spiro atoms. The van der Waals surface area contributed by atoms with E-state index in [1.807, 2.05) is 0 Å². The molecule has 1 aliphatic heterocycles. The minimum Gasteiger partial charge on any atom is -0.366 e. The van der Waals surface area contributed by atoms with Gasteiger partial charge >= 0.3 is 0 Å². The average molecular weight is 426 g/mol. The van der Waals surface area contributed by atoms with Gasteiger partial charge in [0.15, 0.2) is 0 Å². The van der Waals surface area contributed by atoms with Gasteiger partial charge in [0.05, 0.1) is 17.8 Å². The lowest BCUT2D eigenvalue weighted by Gasteiger charge is -2.33. The van der Waals surface area contributed by atoms with Gasteiger partial charge in [-0.3, -0.25) is 19.4 Å². The van der Waals surface area contributed by atoms with E-state index in [2.05, 4.69) is 4.98 Å². The highest BCUT2D eigenvalue weighted by atomic mass is 19.1. The molecule has 8 heteroatoms. The van der Waals surface area contributed by atoms with Crippen LogP contribution in [0.5, 0.6) is 0 Å². The summed E-state index contributed by atoms with van der Waals surface area (Å²) in [6, 6.07) is 9.29. The number of hydrogen-bond acceptors (Lipinski definition) is 4. The summed E-state index contributed by atoms with van der Waals surface area (Å²) in [5.74, 6) is -0.390. The number of hydrogen-bond donors (Lipinski definition) is 1. The van der Waals surface area contributed by atoms with Gasteiger partial charge in [0, 0.05) is 37.8 Å². The van der Waals surface area contributed by atoms with Crippen molar-refractivity contribution < 1.29 is 18.8 Å². The lowest BCUT2D eigenvalue weighted by Crippen LogP contribution is -2.51. The Morgan fingerprint density at radius 2 is 1.87 bits per heavy atom. The first-order chi connectivity index (χ1) is 14.8. The van der Waals surface area contributed by atoms with E-state index in [4.69, 9.17) is 5.73 Å². The summed E-state index contributed by atoms with van der Waals surface area (Å²) in [5.41, 5.74) is 6.69. The maximum Gasteiger partial charge on any atom is 0.250 e. The highest BCUT2D eigenvalue weighted by Crippen LogP contribution is 2.26. The zero-order valence-corrected chi connectivity index (χ0v) is 17.6. The Bertz CT molecular complexity index is 942. The van der Waals surface area contributed by atoms with Crippen LogP contribution in [0.3, 0.4) is 0 Å². The summed E-state index contributed by atoms with van der Waals surface area (Å²) < 4.78 is 13.0.